The average molecular weight is 1140 g/mol. The molecule has 1 aliphatic heterocycles. The Labute approximate surface area is 450 Å². The molecule has 7 atom stereocenters. The van der Waals surface area contributed by atoms with Crippen LogP contribution < -0.4 is 10.6 Å². The maximum Gasteiger partial charge on any atom is 0.317 e. The van der Waals surface area contributed by atoms with Crippen molar-refractivity contribution in [1.29, 1.82) is 0 Å². The number of hydrogen-bond acceptors (Lipinski definition) is 12. The number of carbonyl (C=O) groups is 6. The number of carbonyl (C=O) groups excluding carboxylic acids is 2. The first-order valence-electron chi connectivity index (χ1n) is 25.2. The van der Waals surface area contributed by atoms with E-state index in [0.717, 1.165) is 81.9 Å². The number of ether oxygens (including phenoxy) is 1. The number of unbranched alkanes of at least 4 members (excludes halogenated alkanes) is 3. The first-order valence-corrected chi connectivity index (χ1v) is 25.6. The Bertz CT molecular complexity index is 2030. The number of nitrogens with zero attached hydrogens (tertiary/aromatic N) is 4. The number of allylic oxidation sites excluding steroid dienone is 1. The fraction of sp³-hybridized carbons (Fsp3) is 0.706. The van der Waals surface area contributed by atoms with Crippen LogP contribution in [0, 0.1) is 74.4 Å². The third-order valence-corrected chi connectivity index (χ3v) is 16.6. The molecule has 3 saturated carbocycles. The molecule has 0 aromatic heterocycles. The van der Waals surface area contributed by atoms with Crippen LogP contribution in [0.4, 0.5) is 5.69 Å². The van der Waals surface area contributed by atoms with Gasteiger partial charge in [-0.15, -0.1) is 0 Å². The summed E-state index contributed by atoms with van der Waals surface area (Å²) >= 11 is 5.57. The van der Waals surface area contributed by atoms with Gasteiger partial charge < -0.3 is 35.8 Å². The molecule has 1 aromatic rings. The van der Waals surface area contributed by atoms with Crippen LogP contribution in [-0.2, 0) is 39.9 Å². The summed E-state index contributed by atoms with van der Waals surface area (Å²) in [6.07, 6.45) is 14.2. The number of nitrogens with one attached hydrogen (secondary N) is 2. The van der Waals surface area contributed by atoms with Gasteiger partial charge in [0.15, 0.2) is 16.7 Å². The van der Waals surface area contributed by atoms with Gasteiger partial charge in [-0.3, -0.25) is 48.4 Å². The van der Waals surface area contributed by atoms with Crippen LogP contribution in [-0.4, -0.2) is 178 Å². The topological polar surface area (TPSA) is 230 Å². The molecule has 0 spiro atoms. The summed E-state index contributed by atoms with van der Waals surface area (Å²) in [4.78, 5) is 80.0. The molecule has 1 heterocycles. The van der Waals surface area contributed by atoms with Crippen molar-refractivity contribution in [3.05, 3.63) is 41.5 Å². The molecule has 4 aliphatic carbocycles. The quantitative estimate of drug-likeness (QED) is 0.0722. The van der Waals surface area contributed by atoms with Crippen molar-refractivity contribution in [2.45, 2.75) is 103 Å². The van der Waals surface area contributed by atoms with Crippen molar-refractivity contribution in [2.75, 3.05) is 97.1 Å². The number of thiocarbonyl (C=S) groups is 1. The molecular formula is C51H76GdN6O11S. The van der Waals surface area contributed by atoms with Gasteiger partial charge in [0.25, 0.3) is 0 Å². The van der Waals surface area contributed by atoms with Crippen LogP contribution >= 0.6 is 12.2 Å². The van der Waals surface area contributed by atoms with Crippen LogP contribution in [0.15, 0.2) is 35.9 Å². The molecule has 6 rings (SSSR count). The minimum absolute atomic E-state index is 0. The zero-order valence-electron chi connectivity index (χ0n) is 41.1. The monoisotopic (exact) mass is 1140 g/mol. The van der Waals surface area contributed by atoms with Crippen molar-refractivity contribution >= 4 is 58.5 Å². The van der Waals surface area contributed by atoms with Gasteiger partial charge in [-0.25, -0.2) is 0 Å². The minimum Gasteiger partial charge on any atom is -0.480 e. The SMILES string of the molecule is C[C@]12CCC(=O)C=C1CCC1C2CC[C@@]2(C)C1CC[C@@H]2C(=O)COCCCCCCNC(=S)Nc1ccc(CC2CN(CC(=O)O)CCN(CC(=O)O)CCN(CC(=O)O)CCN2CC(=O)O)cc1.[Gd]. The molecule has 19 heteroatoms. The summed E-state index contributed by atoms with van der Waals surface area (Å²) in [7, 11) is 0. The van der Waals surface area contributed by atoms with Gasteiger partial charge in [-0.1, -0.05) is 44.4 Å². The van der Waals surface area contributed by atoms with Gasteiger partial charge in [-0.05, 0) is 129 Å². The van der Waals surface area contributed by atoms with E-state index in [2.05, 4.69) is 24.5 Å². The van der Waals surface area contributed by atoms with Gasteiger partial charge in [0.1, 0.15) is 6.61 Å². The summed E-state index contributed by atoms with van der Waals surface area (Å²) in [6, 6.07) is 7.10. The Morgan fingerprint density at radius 2 is 1.34 bits per heavy atom. The largest absolute Gasteiger partial charge is 0.480 e. The van der Waals surface area contributed by atoms with Crippen LogP contribution in [0.1, 0.15) is 96.5 Å². The van der Waals surface area contributed by atoms with Crippen molar-refractivity contribution in [3.63, 3.8) is 0 Å². The van der Waals surface area contributed by atoms with Gasteiger partial charge in [0.05, 0.1) is 26.2 Å². The smallest absolute Gasteiger partial charge is 0.317 e. The molecular weight excluding hydrogens is 1060 g/mol. The van der Waals surface area contributed by atoms with Crippen LogP contribution in [0.25, 0.3) is 0 Å². The third kappa shape index (κ3) is 16.2. The van der Waals surface area contributed by atoms with Gasteiger partial charge >= 0.3 is 23.9 Å². The predicted molar refractivity (Wildman–Crippen MR) is 264 cm³/mol. The van der Waals surface area contributed by atoms with Crippen molar-refractivity contribution < 1.29 is 93.9 Å². The van der Waals surface area contributed by atoms with Gasteiger partial charge in [0, 0.05) is 123 Å². The van der Waals surface area contributed by atoms with E-state index < -0.39 is 29.9 Å². The molecule has 0 bridgehead atoms. The molecule has 17 nitrogen and oxygen atoms in total. The third-order valence-electron chi connectivity index (χ3n) is 16.3. The molecule has 6 N–H and O–H groups in total. The molecule has 1 aromatic carbocycles. The molecule has 0 amide bonds. The first-order chi connectivity index (χ1) is 32.9. The van der Waals surface area contributed by atoms with Crippen LogP contribution in [0.2, 0.25) is 0 Å². The molecule has 1 saturated heterocycles. The van der Waals surface area contributed by atoms with Crippen LogP contribution in [0.3, 0.4) is 0 Å². The van der Waals surface area contributed by atoms with E-state index in [0.29, 0.717) is 54.6 Å². The standard InChI is InChI=1S/C51H76N6O11S.Gd/c1-50-17-15-39(58)28-36(50)9-12-40-41-13-14-43(51(41,2)18-16-42(40)50)44(59)34-68-26-6-4-3-5-19-52-49(69)53-37-10-7-35(8-11-37)27-38-29-56(32-47(64)65)23-22-54(30-45(60)61)20-21-55(31-46(62)63)24-25-57(38)33-48(66)67;/h7-8,10-11,28,38,40-43H,3-6,9,12-27,29-34H2,1-2H3,(H,60,61)(H,62,63)(H,64,65)(H,66,67)(H2,52,53,69);/t38?,40?,41?,42?,43-,50+,51+;/m1./s1. The van der Waals surface area contributed by atoms with Crippen LogP contribution in [0.5, 0.6) is 0 Å². The Balaban J connectivity index is 0.00000913. The van der Waals surface area contributed by atoms with E-state index in [1.165, 1.54) is 5.57 Å². The normalized spacial score (nSPS) is 28.1. The van der Waals surface area contributed by atoms with E-state index in [1.807, 2.05) is 30.3 Å². The second kappa shape index (κ2) is 27.3. The zero-order valence-corrected chi connectivity index (χ0v) is 44.1. The number of aliphatic carboxylic acids is 4. The zero-order chi connectivity index (χ0) is 49.7. The Morgan fingerprint density at radius 3 is 2.00 bits per heavy atom. The molecule has 390 valence electrons. The average Bonchev–Trinajstić information content (AvgIpc) is 3.64. The van der Waals surface area contributed by atoms with Gasteiger partial charge in [-0.2, -0.15) is 0 Å². The summed E-state index contributed by atoms with van der Waals surface area (Å²) in [5.41, 5.74) is 3.20. The molecule has 70 heavy (non-hydrogen) atoms. The number of rotatable bonds is 21. The fourth-order valence-electron chi connectivity index (χ4n) is 12.8. The van der Waals surface area contributed by atoms with E-state index >= 15 is 0 Å². The number of carboxylic acid groups (broad SMARTS) is 4. The summed E-state index contributed by atoms with van der Waals surface area (Å²) < 4.78 is 5.97. The van der Waals surface area contributed by atoms with Crippen molar-refractivity contribution in [2.24, 2.45) is 34.5 Å². The molecule has 4 unspecified atom stereocenters. The minimum atomic E-state index is -1.07. The number of hydrogen-bond donors (Lipinski definition) is 6. The number of benzene rings is 1. The number of ketones is 2. The number of carboxylic acids is 4. The van der Waals surface area contributed by atoms with E-state index in [-0.39, 0.29) is 141 Å². The van der Waals surface area contributed by atoms with E-state index in [1.54, 1.807) is 19.6 Å². The molecule has 0 radical (unpaired) electrons. The summed E-state index contributed by atoms with van der Waals surface area (Å²) in [5, 5.41) is 45.7. The maximum atomic E-state index is 13.6. The number of anilines is 1. The predicted octanol–water partition coefficient (Wildman–Crippen LogP) is 4.74. The molecule has 5 aliphatic rings. The number of Topliss-reactive ketones (excluding diaryl/α,β-unsaturated/α-hetero) is 1. The first kappa shape index (κ1) is 57.9. The van der Waals surface area contributed by atoms with Crippen molar-refractivity contribution in [3.8, 4) is 0 Å². The summed E-state index contributed by atoms with van der Waals surface area (Å²) in [5.74, 6) is -1.77. The Morgan fingerprint density at radius 1 is 0.729 bits per heavy atom. The Kier molecular flexibility index (Phi) is 22.6. The van der Waals surface area contributed by atoms with Crippen molar-refractivity contribution in [1.82, 2.24) is 24.9 Å². The maximum absolute atomic E-state index is 13.6. The van der Waals surface area contributed by atoms with Gasteiger partial charge in [0.2, 0.25) is 0 Å². The summed E-state index contributed by atoms with van der Waals surface area (Å²) in [6.45, 7) is 6.53. The van der Waals surface area contributed by atoms with E-state index in [4.69, 9.17) is 17.0 Å². The second-order valence-electron chi connectivity index (χ2n) is 20.8. The molecule has 4 fully saturated rings. The van der Waals surface area contributed by atoms with E-state index in [9.17, 15) is 49.2 Å². The second-order valence-corrected chi connectivity index (χ2v) is 21.3. The number of fused-ring (bicyclic) bond motifs is 5. The fourth-order valence-corrected chi connectivity index (χ4v) is 13.0. The Hall–Kier alpha value is -3.01.